The van der Waals surface area contributed by atoms with Crippen LogP contribution in [0.5, 0.6) is 0 Å². The molecule has 0 spiro atoms. The van der Waals surface area contributed by atoms with Gasteiger partial charge in [-0.05, 0) is 6.92 Å². The molecule has 0 atom stereocenters. The summed E-state index contributed by atoms with van der Waals surface area (Å²) in [6, 6.07) is 0. The number of ether oxygens (including phenoxy) is 1. The Bertz CT molecular complexity index is 39.8. The van der Waals surface area contributed by atoms with Gasteiger partial charge in [-0.15, -0.1) is 0 Å². The van der Waals surface area contributed by atoms with Crippen LogP contribution in [-0.2, 0) is 4.74 Å². The average molecular weight is 132 g/mol. The Balaban J connectivity index is -0.000000109. The zero-order valence-electron chi connectivity index (χ0n) is 6.27. The lowest BCUT2D eigenvalue weighted by molar-refractivity contribution is 0.234. The molecular weight excluding hydrogens is 112 g/mol. The van der Waals surface area contributed by atoms with Gasteiger partial charge in [0.2, 0.25) is 0 Å². The van der Waals surface area contributed by atoms with E-state index in [1.54, 1.807) is 7.11 Å². The van der Waals surface area contributed by atoms with Crippen LogP contribution in [0.2, 0.25) is 0 Å². The lowest BCUT2D eigenvalue weighted by atomic mass is 10.6. The van der Waals surface area contributed by atoms with Gasteiger partial charge in [-0.2, -0.15) is 0 Å². The number of hydrogen-bond donors (Lipinski definition) is 0. The van der Waals surface area contributed by atoms with Crippen molar-refractivity contribution in [3.63, 3.8) is 0 Å². The molecule has 0 N–H and O–H groups in total. The second kappa shape index (κ2) is 25.2. The van der Waals surface area contributed by atoms with Gasteiger partial charge in [-0.1, -0.05) is 33.4 Å². The highest BCUT2D eigenvalue weighted by Gasteiger charge is 1.62. The number of allylic oxidation sites excluding steroid dienone is 1. The first kappa shape index (κ1) is 15.9. The Morgan fingerprint density at radius 1 is 1.33 bits per heavy atom. The molecule has 0 amide bonds. The zero-order valence-corrected chi connectivity index (χ0v) is 6.27. The van der Waals surface area contributed by atoms with Crippen molar-refractivity contribution < 1.29 is 4.74 Å². The first-order valence-corrected chi connectivity index (χ1v) is 3.02. The van der Waals surface area contributed by atoms with E-state index in [2.05, 4.69) is 0 Å². The molecule has 0 aliphatic carbocycles. The largest absolute Gasteiger partial charge is 0.381 e. The molecule has 0 aromatic heterocycles. The maximum atomic E-state index is 4.70. The fourth-order valence-corrected chi connectivity index (χ4v) is 0.192. The third-order valence-electron chi connectivity index (χ3n) is 0.499. The first-order chi connectivity index (χ1) is 3.91. The van der Waals surface area contributed by atoms with Crippen LogP contribution in [-0.4, -0.2) is 13.7 Å². The van der Waals surface area contributed by atoms with E-state index in [0.29, 0.717) is 0 Å². The van der Waals surface area contributed by atoms with Crippen LogP contribution in [0.1, 0.15) is 28.2 Å². The van der Waals surface area contributed by atoms with Crippen LogP contribution in [0, 0.1) is 0 Å². The molecule has 0 bridgehead atoms. The van der Waals surface area contributed by atoms with Crippen molar-refractivity contribution >= 4 is 0 Å². The fraction of sp³-hybridized carbons (Fsp3) is 0.750. The summed E-state index contributed by atoms with van der Waals surface area (Å²) in [5, 5.41) is 0. The molecule has 1 nitrogen and oxygen atoms in total. The van der Waals surface area contributed by atoms with Gasteiger partial charge in [-0.3, -0.25) is 0 Å². The van der Waals surface area contributed by atoms with E-state index in [0.717, 1.165) is 6.61 Å². The van der Waals surface area contributed by atoms with Crippen molar-refractivity contribution in [3.8, 4) is 0 Å². The van der Waals surface area contributed by atoms with Crippen LogP contribution < -0.4 is 0 Å². The minimum atomic E-state index is 0. The summed E-state index contributed by atoms with van der Waals surface area (Å²) in [7, 11) is 1.68. The van der Waals surface area contributed by atoms with Crippen molar-refractivity contribution in [2.75, 3.05) is 13.7 Å². The summed E-state index contributed by atoms with van der Waals surface area (Å²) < 4.78 is 4.70. The van der Waals surface area contributed by atoms with Crippen LogP contribution >= 0.6 is 0 Å². The molecule has 0 saturated heterocycles. The summed E-state index contributed by atoms with van der Waals surface area (Å²) in [6.45, 7) is 6.70. The predicted molar refractivity (Wildman–Crippen MR) is 44.8 cm³/mol. The summed E-state index contributed by atoms with van der Waals surface area (Å²) in [5.74, 6) is 0. The molecule has 0 rings (SSSR count). The van der Waals surface area contributed by atoms with Crippen LogP contribution in [0.15, 0.2) is 12.2 Å². The molecule has 0 aliphatic heterocycles. The van der Waals surface area contributed by atoms with E-state index in [-0.39, 0.29) is 7.43 Å². The van der Waals surface area contributed by atoms with E-state index < -0.39 is 0 Å². The molecule has 0 radical (unpaired) electrons. The molecule has 58 valence electrons. The lowest BCUT2D eigenvalue weighted by Crippen LogP contribution is -1.77. The topological polar surface area (TPSA) is 9.23 Å². The van der Waals surface area contributed by atoms with Crippen LogP contribution in [0.3, 0.4) is 0 Å². The minimum Gasteiger partial charge on any atom is -0.381 e. The Morgan fingerprint density at radius 3 is 1.89 bits per heavy atom. The summed E-state index contributed by atoms with van der Waals surface area (Å²) in [4.78, 5) is 0. The highest BCUT2D eigenvalue weighted by molar-refractivity contribution is 4.75. The summed E-state index contributed by atoms with van der Waals surface area (Å²) in [6.07, 6.45) is 3.92. The molecule has 0 saturated carbocycles. The maximum Gasteiger partial charge on any atom is 0.0643 e. The SMILES string of the molecule is C.C/C=C\COC.CC. The highest BCUT2D eigenvalue weighted by atomic mass is 16.5. The van der Waals surface area contributed by atoms with Gasteiger partial charge in [0.05, 0.1) is 6.61 Å². The van der Waals surface area contributed by atoms with E-state index in [9.17, 15) is 0 Å². The van der Waals surface area contributed by atoms with E-state index >= 15 is 0 Å². The third kappa shape index (κ3) is 34.3. The Labute approximate surface area is 59.7 Å². The van der Waals surface area contributed by atoms with Gasteiger partial charge in [0.25, 0.3) is 0 Å². The average Bonchev–Trinajstić information content (AvgIpc) is 1.88. The molecular formula is C8H20O. The number of rotatable bonds is 2. The standard InChI is InChI=1S/C5H10O.C2H6.CH4/c1-3-4-5-6-2;1-2;/h3-4H,5H2,1-2H3;1-2H3;1H4/b4-3-;;. The molecule has 0 unspecified atom stereocenters. The number of methoxy groups -OCH3 is 1. The molecule has 0 aromatic carbocycles. The van der Waals surface area contributed by atoms with Crippen molar-refractivity contribution in [3.05, 3.63) is 12.2 Å². The second-order valence-corrected chi connectivity index (χ2v) is 1.02. The number of hydrogen-bond acceptors (Lipinski definition) is 1. The predicted octanol–water partition coefficient (Wildman–Crippen LogP) is 2.87. The van der Waals surface area contributed by atoms with Gasteiger partial charge in [0.15, 0.2) is 0 Å². The zero-order chi connectivity index (χ0) is 6.83. The van der Waals surface area contributed by atoms with E-state index in [4.69, 9.17) is 4.74 Å². The van der Waals surface area contributed by atoms with E-state index in [1.165, 1.54) is 0 Å². The van der Waals surface area contributed by atoms with Gasteiger partial charge >= 0.3 is 0 Å². The van der Waals surface area contributed by atoms with Gasteiger partial charge in [0, 0.05) is 7.11 Å². The van der Waals surface area contributed by atoms with Crippen molar-refractivity contribution in [1.82, 2.24) is 0 Å². The summed E-state index contributed by atoms with van der Waals surface area (Å²) >= 11 is 0. The monoisotopic (exact) mass is 132 g/mol. The van der Waals surface area contributed by atoms with Crippen molar-refractivity contribution in [1.29, 1.82) is 0 Å². The van der Waals surface area contributed by atoms with Crippen molar-refractivity contribution in [2.24, 2.45) is 0 Å². The Morgan fingerprint density at radius 2 is 1.78 bits per heavy atom. The van der Waals surface area contributed by atoms with Crippen LogP contribution in [0.25, 0.3) is 0 Å². The highest BCUT2D eigenvalue weighted by Crippen LogP contribution is 1.68. The van der Waals surface area contributed by atoms with Crippen molar-refractivity contribution in [2.45, 2.75) is 28.2 Å². The molecule has 0 heterocycles. The lowest BCUT2D eigenvalue weighted by Gasteiger charge is -1.81. The Kier molecular flexibility index (Phi) is 44.5. The smallest absolute Gasteiger partial charge is 0.0643 e. The van der Waals surface area contributed by atoms with Gasteiger partial charge < -0.3 is 4.74 Å². The molecule has 1 heteroatoms. The normalized spacial score (nSPS) is 7.56. The fourth-order valence-electron chi connectivity index (χ4n) is 0.192. The van der Waals surface area contributed by atoms with E-state index in [1.807, 2.05) is 32.9 Å². The molecule has 9 heavy (non-hydrogen) atoms. The van der Waals surface area contributed by atoms with Gasteiger partial charge in [0.1, 0.15) is 0 Å². The maximum absolute atomic E-state index is 4.70. The summed E-state index contributed by atoms with van der Waals surface area (Å²) in [5.41, 5.74) is 0. The molecule has 0 fully saturated rings. The second-order valence-electron chi connectivity index (χ2n) is 1.02. The third-order valence-corrected chi connectivity index (χ3v) is 0.499. The first-order valence-electron chi connectivity index (χ1n) is 3.02. The quantitative estimate of drug-likeness (QED) is 0.525. The Hall–Kier alpha value is -0.300. The molecule has 0 aliphatic rings. The molecule has 0 aromatic rings. The van der Waals surface area contributed by atoms with Gasteiger partial charge in [-0.25, -0.2) is 0 Å². The van der Waals surface area contributed by atoms with Crippen LogP contribution in [0.4, 0.5) is 0 Å². The minimum absolute atomic E-state index is 0.